The minimum atomic E-state index is -0.450. The van der Waals surface area contributed by atoms with E-state index < -0.39 is 6.17 Å². The summed E-state index contributed by atoms with van der Waals surface area (Å²) in [6, 6.07) is 63.7. The highest BCUT2D eigenvalue weighted by atomic mass is 15.2. The number of aliphatic imine (C=N–C) groups is 2. The Morgan fingerprint density at radius 2 is 1.19 bits per heavy atom. The van der Waals surface area contributed by atoms with E-state index >= 15 is 0 Å². The van der Waals surface area contributed by atoms with Crippen LogP contribution in [-0.4, -0.2) is 20.8 Å². The summed E-state index contributed by atoms with van der Waals surface area (Å²) in [5.74, 6) is 1.16. The number of allylic oxidation sites excluding steroid dienone is 4. The van der Waals surface area contributed by atoms with Gasteiger partial charge in [-0.3, -0.25) is 0 Å². The van der Waals surface area contributed by atoms with E-state index in [1.165, 1.54) is 0 Å². The van der Waals surface area contributed by atoms with Gasteiger partial charge in [-0.1, -0.05) is 164 Å². The van der Waals surface area contributed by atoms with Crippen LogP contribution in [0.3, 0.4) is 0 Å². The van der Waals surface area contributed by atoms with E-state index in [4.69, 9.17) is 9.98 Å². The van der Waals surface area contributed by atoms with Crippen molar-refractivity contribution in [1.82, 2.24) is 14.5 Å². The number of fused-ring (bicyclic) bond motifs is 6. The molecule has 6 heteroatoms. The second-order valence-corrected chi connectivity index (χ2v) is 16.1. The molecule has 1 atom stereocenters. The molecule has 1 aliphatic carbocycles. The van der Waals surface area contributed by atoms with Gasteiger partial charge >= 0.3 is 0 Å². The van der Waals surface area contributed by atoms with E-state index in [1.807, 2.05) is 36.4 Å². The summed E-state index contributed by atoms with van der Waals surface area (Å²) in [4.78, 5) is 10.4. The maximum Gasteiger partial charge on any atom is 0.159 e. The normalized spacial score (nSPS) is 15.5. The molecule has 7 aromatic carbocycles. The fourth-order valence-electron chi connectivity index (χ4n) is 9.13. The molecule has 0 amide bonds. The Morgan fingerprint density at radius 1 is 0.625 bits per heavy atom. The molecule has 3 heterocycles. The summed E-state index contributed by atoms with van der Waals surface area (Å²) in [6.45, 7) is 4.68. The summed E-state index contributed by atoms with van der Waals surface area (Å²) < 4.78 is 4.36. The van der Waals surface area contributed by atoms with Crippen molar-refractivity contribution in [3.05, 3.63) is 229 Å². The molecule has 2 aromatic heterocycles. The van der Waals surface area contributed by atoms with Crippen LogP contribution in [0.25, 0.3) is 77.8 Å². The van der Waals surface area contributed by atoms with Gasteiger partial charge in [0.15, 0.2) is 5.84 Å². The second-order valence-electron chi connectivity index (χ2n) is 16.1. The van der Waals surface area contributed by atoms with Gasteiger partial charge in [0, 0.05) is 39.0 Å². The molecule has 1 aliphatic heterocycles. The van der Waals surface area contributed by atoms with Gasteiger partial charge in [-0.05, 0) is 83.1 Å². The topological polar surface area (TPSA) is 70.4 Å². The highest BCUT2D eigenvalue weighted by molar-refractivity contribution is 6.18. The number of aromatic nitrogens is 2. The van der Waals surface area contributed by atoms with Crippen LogP contribution < -0.4 is 5.32 Å². The zero-order valence-corrected chi connectivity index (χ0v) is 35.1. The van der Waals surface area contributed by atoms with Crippen LogP contribution in [0.15, 0.2) is 234 Å². The number of amidine groups is 2. The van der Waals surface area contributed by atoms with Crippen molar-refractivity contribution in [2.24, 2.45) is 9.98 Å². The lowest BCUT2D eigenvalue weighted by Crippen LogP contribution is -2.35. The Kier molecular flexibility index (Phi) is 9.83. The number of nitrogens with zero attached hydrogens (tertiary/aromatic N) is 5. The van der Waals surface area contributed by atoms with Gasteiger partial charge in [0.1, 0.15) is 18.1 Å². The minimum Gasteiger partial charge on any atom is -0.344 e. The SMILES string of the molecule is C=C(/C=C(C#N)\C(=C\n1c2ccccc2c2cc(-c3ccccc3)ccc21)C1=NC(C2=CCCC=C2)=NC(c2ccccc2)N1)n1c2ccccc2c2cc(-c3ccccc3)ccc21. The number of para-hydroxylation sites is 2. The van der Waals surface area contributed by atoms with E-state index in [0.29, 0.717) is 28.5 Å². The van der Waals surface area contributed by atoms with Gasteiger partial charge in [-0.25, -0.2) is 9.98 Å². The zero-order valence-electron chi connectivity index (χ0n) is 35.1. The molecular weight excluding hydrogens is 781 g/mol. The van der Waals surface area contributed by atoms with E-state index in [0.717, 1.165) is 89.8 Å². The molecule has 0 spiro atoms. The lowest BCUT2D eigenvalue weighted by Gasteiger charge is -2.25. The van der Waals surface area contributed by atoms with Crippen molar-refractivity contribution < 1.29 is 0 Å². The van der Waals surface area contributed by atoms with Crippen LogP contribution in [0.4, 0.5) is 0 Å². The van der Waals surface area contributed by atoms with Crippen molar-refractivity contribution in [2.75, 3.05) is 0 Å². The number of nitriles is 1. The third-order valence-electron chi connectivity index (χ3n) is 12.2. The molecule has 304 valence electrons. The summed E-state index contributed by atoms with van der Waals surface area (Å²) in [7, 11) is 0. The van der Waals surface area contributed by atoms with Gasteiger partial charge in [-0.15, -0.1) is 0 Å². The second kappa shape index (κ2) is 16.4. The van der Waals surface area contributed by atoms with Crippen molar-refractivity contribution in [2.45, 2.75) is 19.0 Å². The van der Waals surface area contributed by atoms with E-state index in [9.17, 15) is 5.26 Å². The Balaban J connectivity index is 1.13. The van der Waals surface area contributed by atoms with Crippen LogP contribution in [-0.2, 0) is 0 Å². The van der Waals surface area contributed by atoms with Gasteiger partial charge < -0.3 is 14.5 Å². The quantitative estimate of drug-likeness (QED) is 0.116. The predicted octanol–water partition coefficient (Wildman–Crippen LogP) is 14.1. The fraction of sp³-hybridized carbons (Fsp3) is 0.0517. The highest BCUT2D eigenvalue weighted by Gasteiger charge is 2.26. The lowest BCUT2D eigenvalue weighted by molar-refractivity contribution is 0.674. The average Bonchev–Trinajstić information content (AvgIpc) is 3.87. The molecule has 6 nitrogen and oxygen atoms in total. The predicted molar refractivity (Wildman–Crippen MR) is 267 cm³/mol. The number of hydrogen-bond donors (Lipinski definition) is 1. The van der Waals surface area contributed by atoms with Crippen molar-refractivity contribution in [3.8, 4) is 28.3 Å². The van der Waals surface area contributed by atoms with Crippen LogP contribution in [0.5, 0.6) is 0 Å². The van der Waals surface area contributed by atoms with Crippen LogP contribution in [0.1, 0.15) is 24.6 Å². The molecule has 0 saturated heterocycles. The summed E-state index contributed by atoms with van der Waals surface area (Å²) in [6.07, 6.45) is 11.9. The number of nitrogens with one attached hydrogen (secondary N) is 1. The van der Waals surface area contributed by atoms with E-state index in [1.54, 1.807) is 0 Å². The third kappa shape index (κ3) is 6.96. The molecule has 0 bridgehead atoms. The lowest BCUT2D eigenvalue weighted by atomic mass is 10.0. The molecule has 1 unspecified atom stereocenters. The van der Waals surface area contributed by atoms with Crippen molar-refractivity contribution in [3.63, 3.8) is 0 Å². The molecule has 11 rings (SSSR count). The smallest absolute Gasteiger partial charge is 0.159 e. The standard InChI is InChI=1S/C58H42N6/c1-39(64-54-29-17-15-27-48(54)50-36-45(31-33-55(50)64)41-20-8-3-9-21-41)34-46(37-59)51(58-61-56(42-22-10-4-11-23-42)60-57(62-58)43-24-12-5-13-25-43)38-63-52-28-16-14-26-47(52)49-35-44(30-32-53(49)63)40-18-6-2-7-19-40/h2-4,6-12,14-36,38,56H,1,5,13H2,(H,60,61,62)/b46-34-,51-38-. The third-order valence-corrected chi connectivity index (χ3v) is 12.2. The first-order valence-corrected chi connectivity index (χ1v) is 21.7. The summed E-state index contributed by atoms with van der Waals surface area (Å²) >= 11 is 0. The summed E-state index contributed by atoms with van der Waals surface area (Å²) in [5.41, 5.74) is 12.2. The molecule has 2 aliphatic rings. The maximum atomic E-state index is 11.4. The fourth-order valence-corrected chi connectivity index (χ4v) is 9.13. The Labute approximate surface area is 371 Å². The Morgan fingerprint density at radius 3 is 1.84 bits per heavy atom. The maximum absolute atomic E-state index is 11.4. The molecule has 1 N–H and O–H groups in total. The Bertz CT molecular complexity index is 3530. The molecule has 64 heavy (non-hydrogen) atoms. The molecule has 0 radical (unpaired) electrons. The van der Waals surface area contributed by atoms with Crippen molar-refractivity contribution >= 4 is 67.2 Å². The van der Waals surface area contributed by atoms with Crippen LogP contribution in [0.2, 0.25) is 0 Å². The van der Waals surface area contributed by atoms with Gasteiger partial charge in [0.2, 0.25) is 0 Å². The molecule has 9 aromatic rings. The Hall–Kier alpha value is -8.53. The number of benzene rings is 7. The number of hydrogen-bond acceptors (Lipinski definition) is 4. The first kappa shape index (κ1) is 38.4. The van der Waals surface area contributed by atoms with Crippen LogP contribution >= 0.6 is 0 Å². The average molecular weight is 823 g/mol. The first-order chi connectivity index (χ1) is 31.6. The molecular formula is C58H42N6. The largest absolute Gasteiger partial charge is 0.344 e. The zero-order chi connectivity index (χ0) is 43.0. The highest BCUT2D eigenvalue weighted by Crippen LogP contribution is 2.37. The summed E-state index contributed by atoms with van der Waals surface area (Å²) in [5, 5.41) is 19.5. The molecule has 0 saturated carbocycles. The monoisotopic (exact) mass is 822 g/mol. The first-order valence-electron chi connectivity index (χ1n) is 21.7. The number of rotatable bonds is 9. The van der Waals surface area contributed by atoms with E-state index in [-0.39, 0.29) is 0 Å². The van der Waals surface area contributed by atoms with Crippen molar-refractivity contribution in [1.29, 1.82) is 5.26 Å². The molecule has 0 fully saturated rings. The van der Waals surface area contributed by atoms with E-state index in [2.05, 4.69) is 197 Å². The minimum absolute atomic E-state index is 0.399. The van der Waals surface area contributed by atoms with Crippen LogP contribution in [0, 0.1) is 11.3 Å². The van der Waals surface area contributed by atoms with Gasteiger partial charge in [0.05, 0.1) is 33.2 Å². The van der Waals surface area contributed by atoms with Gasteiger partial charge in [0.25, 0.3) is 0 Å². The van der Waals surface area contributed by atoms with Gasteiger partial charge in [-0.2, -0.15) is 5.26 Å².